The highest BCUT2D eigenvalue weighted by molar-refractivity contribution is 7.92. The van der Waals surface area contributed by atoms with Crippen LogP contribution in [0.2, 0.25) is 0 Å². The van der Waals surface area contributed by atoms with Crippen molar-refractivity contribution in [2.24, 2.45) is 0 Å². The number of benzene rings is 3. The van der Waals surface area contributed by atoms with Gasteiger partial charge in [0.15, 0.2) is 11.5 Å². The van der Waals surface area contributed by atoms with E-state index in [4.69, 9.17) is 9.47 Å². The van der Waals surface area contributed by atoms with Gasteiger partial charge in [-0.05, 0) is 48.5 Å². The summed E-state index contributed by atoms with van der Waals surface area (Å²) in [6.07, 6.45) is -0.291. The zero-order valence-electron chi connectivity index (χ0n) is 15.9. The molecule has 0 spiro atoms. The predicted molar refractivity (Wildman–Crippen MR) is 112 cm³/mol. The Bertz CT molecular complexity index is 1130. The summed E-state index contributed by atoms with van der Waals surface area (Å²) in [6, 6.07) is 21.7. The number of carbonyl (C=O) groups is 1. The molecule has 0 unspecified atom stereocenters. The molecule has 154 valence electrons. The number of anilines is 1. The Kier molecular flexibility index (Phi) is 5.58. The van der Waals surface area contributed by atoms with Crippen LogP contribution in [0.4, 0.5) is 5.69 Å². The first kappa shape index (κ1) is 19.8. The molecule has 0 bridgehead atoms. The quantitative estimate of drug-likeness (QED) is 0.634. The SMILES string of the molecule is O=C(NC[C@@H]1COc2ccccc2O1)c1ccc(NS(=O)(=O)c2ccccc2)cc1. The number of hydrogen-bond donors (Lipinski definition) is 2. The lowest BCUT2D eigenvalue weighted by Gasteiger charge is -2.26. The maximum absolute atomic E-state index is 12.4. The van der Waals surface area contributed by atoms with Gasteiger partial charge in [0.25, 0.3) is 15.9 Å². The Balaban J connectivity index is 1.33. The molecule has 1 aliphatic heterocycles. The van der Waals surface area contributed by atoms with Crippen LogP contribution in [0.5, 0.6) is 11.5 Å². The molecular weight excluding hydrogens is 404 g/mol. The number of fused-ring (bicyclic) bond motifs is 1. The average Bonchev–Trinajstić information content (AvgIpc) is 2.78. The molecule has 0 aromatic heterocycles. The number of rotatable bonds is 6. The molecule has 30 heavy (non-hydrogen) atoms. The van der Waals surface area contributed by atoms with Crippen LogP contribution in [0.1, 0.15) is 10.4 Å². The van der Waals surface area contributed by atoms with Gasteiger partial charge in [0.1, 0.15) is 12.7 Å². The van der Waals surface area contributed by atoms with Crippen LogP contribution in [-0.2, 0) is 10.0 Å². The maximum Gasteiger partial charge on any atom is 0.261 e. The predicted octanol–water partition coefficient (Wildman–Crippen LogP) is 3.06. The molecule has 0 saturated heterocycles. The van der Waals surface area contributed by atoms with Crippen molar-refractivity contribution in [3.05, 3.63) is 84.4 Å². The number of nitrogens with one attached hydrogen (secondary N) is 2. The molecule has 0 radical (unpaired) electrons. The van der Waals surface area contributed by atoms with Gasteiger partial charge in [-0.1, -0.05) is 30.3 Å². The van der Waals surface area contributed by atoms with Crippen molar-refractivity contribution < 1.29 is 22.7 Å². The van der Waals surface area contributed by atoms with E-state index in [0.717, 1.165) is 0 Å². The van der Waals surface area contributed by atoms with E-state index in [2.05, 4.69) is 10.0 Å². The minimum atomic E-state index is -3.68. The van der Waals surface area contributed by atoms with Crippen molar-refractivity contribution in [1.82, 2.24) is 5.32 Å². The Labute approximate surface area is 174 Å². The van der Waals surface area contributed by atoms with Gasteiger partial charge in [-0.3, -0.25) is 9.52 Å². The zero-order chi connectivity index (χ0) is 21.0. The summed E-state index contributed by atoms with van der Waals surface area (Å²) in [4.78, 5) is 12.6. The number of carbonyl (C=O) groups excluding carboxylic acids is 1. The molecule has 1 amide bonds. The molecule has 4 rings (SSSR count). The van der Waals surface area contributed by atoms with E-state index < -0.39 is 10.0 Å². The van der Waals surface area contributed by atoms with Crippen molar-refractivity contribution in [3.8, 4) is 11.5 Å². The van der Waals surface area contributed by atoms with Gasteiger partial charge in [0.2, 0.25) is 0 Å². The first-order chi connectivity index (χ1) is 14.5. The third-order valence-electron chi connectivity index (χ3n) is 4.51. The second kappa shape index (κ2) is 8.46. The van der Waals surface area contributed by atoms with E-state index in [1.54, 1.807) is 42.5 Å². The van der Waals surface area contributed by atoms with E-state index in [9.17, 15) is 13.2 Å². The van der Waals surface area contributed by atoms with Crippen LogP contribution in [0, 0.1) is 0 Å². The Morgan fingerprint density at radius 2 is 1.57 bits per heavy atom. The monoisotopic (exact) mass is 424 g/mol. The van der Waals surface area contributed by atoms with Crippen LogP contribution in [0.3, 0.4) is 0 Å². The maximum atomic E-state index is 12.4. The molecule has 3 aromatic carbocycles. The number of hydrogen-bond acceptors (Lipinski definition) is 5. The summed E-state index contributed by atoms with van der Waals surface area (Å²) in [7, 11) is -3.68. The van der Waals surface area contributed by atoms with Gasteiger partial charge < -0.3 is 14.8 Å². The molecule has 3 aromatic rings. The van der Waals surface area contributed by atoms with Gasteiger partial charge in [-0.25, -0.2) is 8.42 Å². The number of para-hydroxylation sites is 2. The van der Waals surface area contributed by atoms with Gasteiger partial charge in [-0.15, -0.1) is 0 Å². The summed E-state index contributed by atoms with van der Waals surface area (Å²) in [5.41, 5.74) is 0.783. The second-order valence-electron chi connectivity index (χ2n) is 6.70. The normalized spacial score (nSPS) is 15.3. The van der Waals surface area contributed by atoms with Crippen LogP contribution >= 0.6 is 0 Å². The van der Waals surface area contributed by atoms with Crippen molar-refractivity contribution >= 4 is 21.6 Å². The molecule has 8 heteroatoms. The summed E-state index contributed by atoms with van der Waals surface area (Å²) in [5.74, 6) is 1.06. The average molecular weight is 424 g/mol. The van der Waals surface area contributed by atoms with E-state index in [-0.39, 0.29) is 23.5 Å². The molecule has 1 heterocycles. The fourth-order valence-electron chi connectivity index (χ4n) is 2.98. The number of ether oxygens (including phenoxy) is 2. The van der Waals surface area contributed by atoms with E-state index in [1.165, 1.54) is 12.1 Å². The van der Waals surface area contributed by atoms with Crippen molar-refractivity contribution in [2.45, 2.75) is 11.0 Å². The Morgan fingerprint density at radius 1 is 0.900 bits per heavy atom. The van der Waals surface area contributed by atoms with Gasteiger partial charge in [0, 0.05) is 11.3 Å². The highest BCUT2D eigenvalue weighted by atomic mass is 32.2. The van der Waals surface area contributed by atoms with Crippen LogP contribution in [0.15, 0.2) is 83.8 Å². The van der Waals surface area contributed by atoms with Crippen molar-refractivity contribution in [3.63, 3.8) is 0 Å². The molecule has 1 atom stereocenters. The van der Waals surface area contributed by atoms with Gasteiger partial charge in [0.05, 0.1) is 11.4 Å². The van der Waals surface area contributed by atoms with E-state index >= 15 is 0 Å². The van der Waals surface area contributed by atoms with Crippen molar-refractivity contribution in [2.75, 3.05) is 17.9 Å². The third-order valence-corrected chi connectivity index (χ3v) is 5.91. The first-order valence-electron chi connectivity index (χ1n) is 9.36. The molecule has 7 nitrogen and oxygen atoms in total. The Morgan fingerprint density at radius 3 is 2.30 bits per heavy atom. The van der Waals surface area contributed by atoms with Crippen LogP contribution < -0.4 is 19.5 Å². The van der Waals surface area contributed by atoms with Crippen LogP contribution in [0.25, 0.3) is 0 Å². The van der Waals surface area contributed by atoms with Crippen molar-refractivity contribution in [1.29, 1.82) is 0 Å². The smallest absolute Gasteiger partial charge is 0.261 e. The summed E-state index contributed by atoms with van der Waals surface area (Å²) >= 11 is 0. The molecule has 1 aliphatic rings. The van der Waals surface area contributed by atoms with E-state index in [1.807, 2.05) is 24.3 Å². The zero-order valence-corrected chi connectivity index (χ0v) is 16.8. The van der Waals surface area contributed by atoms with E-state index in [0.29, 0.717) is 29.4 Å². The number of sulfonamides is 1. The molecule has 0 fully saturated rings. The first-order valence-corrected chi connectivity index (χ1v) is 10.8. The third kappa shape index (κ3) is 4.55. The van der Waals surface area contributed by atoms with Crippen LogP contribution in [-0.4, -0.2) is 33.6 Å². The highest BCUT2D eigenvalue weighted by Crippen LogP contribution is 2.30. The highest BCUT2D eigenvalue weighted by Gasteiger charge is 2.21. The molecule has 0 saturated carbocycles. The standard InChI is InChI=1S/C22H20N2O5S/c25-22(23-14-18-15-28-20-8-4-5-9-21(20)29-18)16-10-12-17(13-11-16)24-30(26,27)19-6-2-1-3-7-19/h1-13,18,24H,14-15H2,(H,23,25)/t18-/m1/s1. The molecular formula is C22H20N2O5S. The van der Waals surface area contributed by atoms with Gasteiger partial charge >= 0.3 is 0 Å². The largest absolute Gasteiger partial charge is 0.486 e. The second-order valence-corrected chi connectivity index (χ2v) is 8.39. The summed E-state index contributed by atoms with van der Waals surface area (Å²) in [6.45, 7) is 0.632. The number of amides is 1. The fourth-order valence-corrected chi connectivity index (χ4v) is 4.06. The molecule has 2 N–H and O–H groups in total. The lowest BCUT2D eigenvalue weighted by Crippen LogP contribution is -2.40. The molecule has 0 aliphatic carbocycles. The lowest BCUT2D eigenvalue weighted by molar-refractivity contribution is 0.0789. The summed E-state index contributed by atoms with van der Waals surface area (Å²) in [5, 5.41) is 2.81. The minimum Gasteiger partial charge on any atom is -0.486 e. The lowest BCUT2D eigenvalue weighted by atomic mass is 10.2. The Hall–Kier alpha value is -3.52. The topological polar surface area (TPSA) is 93.7 Å². The summed E-state index contributed by atoms with van der Waals surface area (Å²) < 4.78 is 38.7. The minimum absolute atomic E-state index is 0.170. The fraction of sp³-hybridized carbons (Fsp3) is 0.136. The van der Waals surface area contributed by atoms with Gasteiger partial charge in [-0.2, -0.15) is 0 Å².